The smallest absolute Gasteiger partial charge is 0.170 e. The van der Waals surface area contributed by atoms with Gasteiger partial charge in [0, 0.05) is 30.3 Å². The number of carbonyl (C=O) groups is 1. The Morgan fingerprint density at radius 3 is 2.70 bits per heavy atom. The first-order valence-electron chi connectivity index (χ1n) is 10.6. The number of hydrogen-bond acceptors (Lipinski definition) is 4. The number of Topliss-reactive ketones (excluding diaryl/α,β-unsaturated/α-hetero) is 1. The molecule has 0 atom stereocenters. The van der Waals surface area contributed by atoms with Crippen molar-refractivity contribution in [2.45, 2.75) is 38.5 Å². The molecule has 2 aromatic rings. The van der Waals surface area contributed by atoms with Crippen LogP contribution in [0.5, 0.6) is 5.75 Å². The van der Waals surface area contributed by atoms with E-state index >= 15 is 0 Å². The second-order valence-corrected chi connectivity index (χ2v) is 7.92. The Hall–Kier alpha value is -2.60. The van der Waals surface area contributed by atoms with Gasteiger partial charge in [-0.1, -0.05) is 18.6 Å². The summed E-state index contributed by atoms with van der Waals surface area (Å²) in [5.74, 6) is -0.995. The molecule has 0 amide bonds. The quantitative estimate of drug-likeness (QED) is 0.634. The lowest BCUT2D eigenvalue weighted by Gasteiger charge is -2.26. The summed E-state index contributed by atoms with van der Waals surface area (Å²) in [7, 11) is 0. The average molecular weight is 412 g/mol. The van der Waals surface area contributed by atoms with Gasteiger partial charge >= 0.3 is 0 Å². The Morgan fingerprint density at radius 1 is 1.03 bits per heavy atom. The predicted octanol–water partition coefficient (Wildman–Crippen LogP) is 5.12. The van der Waals surface area contributed by atoms with Gasteiger partial charge in [0.25, 0.3) is 0 Å². The second kappa shape index (κ2) is 9.47. The molecule has 2 heterocycles. The van der Waals surface area contributed by atoms with Gasteiger partial charge < -0.3 is 4.74 Å². The molecule has 0 bridgehead atoms. The van der Waals surface area contributed by atoms with Gasteiger partial charge in [0.1, 0.15) is 12.4 Å². The third-order valence-electron chi connectivity index (χ3n) is 5.75. The van der Waals surface area contributed by atoms with Crippen molar-refractivity contribution in [3.8, 4) is 5.75 Å². The summed E-state index contributed by atoms with van der Waals surface area (Å²) in [6, 6.07) is 9.53. The van der Waals surface area contributed by atoms with Gasteiger partial charge in [0.05, 0.1) is 5.69 Å². The van der Waals surface area contributed by atoms with E-state index in [-0.39, 0.29) is 12.2 Å². The summed E-state index contributed by atoms with van der Waals surface area (Å²) in [5.41, 5.74) is 2.16. The minimum absolute atomic E-state index is 0.00502. The van der Waals surface area contributed by atoms with Crippen molar-refractivity contribution < 1.29 is 18.3 Å². The van der Waals surface area contributed by atoms with E-state index in [0.29, 0.717) is 47.7 Å². The number of rotatable bonds is 7. The maximum absolute atomic E-state index is 13.9. The molecule has 6 heteroatoms. The molecule has 2 aliphatic heterocycles. The van der Waals surface area contributed by atoms with Crippen LogP contribution in [0.3, 0.4) is 0 Å². The highest BCUT2D eigenvalue weighted by Gasteiger charge is 2.21. The number of benzene rings is 2. The standard InChI is InChI=1S/C24H26F2N2O2/c25-21-6-4-5-17(24(21)26)7-8-18-15-23(29)20-10-9-19(16-22(20)27-18)30-14-13-28-11-2-1-3-12-28/h4-6,9-10,16H,1-3,7-8,11-15H2. The molecule has 2 aromatic carbocycles. The van der Waals surface area contributed by atoms with E-state index in [0.717, 1.165) is 25.7 Å². The van der Waals surface area contributed by atoms with Crippen molar-refractivity contribution in [3.05, 3.63) is 59.2 Å². The number of nitrogens with zero attached hydrogens (tertiary/aromatic N) is 2. The zero-order chi connectivity index (χ0) is 20.9. The molecule has 1 saturated heterocycles. The summed E-state index contributed by atoms with van der Waals surface area (Å²) in [6.07, 6.45) is 4.72. The monoisotopic (exact) mass is 412 g/mol. The molecule has 4 nitrogen and oxygen atoms in total. The lowest BCUT2D eigenvalue weighted by molar-refractivity contribution is 0.0999. The lowest BCUT2D eigenvalue weighted by Crippen LogP contribution is -2.33. The van der Waals surface area contributed by atoms with Crippen molar-refractivity contribution in [1.82, 2.24) is 4.90 Å². The van der Waals surface area contributed by atoms with Crippen LogP contribution in [0.4, 0.5) is 14.5 Å². The zero-order valence-electron chi connectivity index (χ0n) is 17.0. The molecular weight excluding hydrogens is 386 g/mol. The van der Waals surface area contributed by atoms with Crippen LogP contribution in [0.15, 0.2) is 41.4 Å². The van der Waals surface area contributed by atoms with Gasteiger partial charge in [-0.2, -0.15) is 0 Å². The number of ether oxygens (including phenoxy) is 1. The Bertz CT molecular complexity index is 952. The molecule has 1 fully saturated rings. The van der Waals surface area contributed by atoms with Crippen molar-refractivity contribution in [1.29, 1.82) is 0 Å². The second-order valence-electron chi connectivity index (χ2n) is 7.92. The van der Waals surface area contributed by atoms with Crippen molar-refractivity contribution in [2.24, 2.45) is 4.99 Å². The number of piperidine rings is 1. The molecule has 2 aliphatic rings. The summed E-state index contributed by atoms with van der Waals surface area (Å²) in [4.78, 5) is 19.5. The van der Waals surface area contributed by atoms with Crippen LogP contribution < -0.4 is 4.74 Å². The Labute approximate surface area is 175 Å². The molecule has 0 aliphatic carbocycles. The van der Waals surface area contributed by atoms with E-state index in [1.807, 2.05) is 6.07 Å². The molecule has 0 radical (unpaired) electrons. The van der Waals surface area contributed by atoms with Crippen molar-refractivity contribution in [2.75, 3.05) is 26.2 Å². The number of aryl methyl sites for hydroxylation is 1. The number of hydrogen-bond donors (Lipinski definition) is 0. The van der Waals surface area contributed by atoms with Crippen LogP contribution in [-0.2, 0) is 6.42 Å². The Kier molecular flexibility index (Phi) is 6.53. The van der Waals surface area contributed by atoms with Crippen LogP contribution in [-0.4, -0.2) is 42.6 Å². The fourth-order valence-electron chi connectivity index (χ4n) is 4.06. The molecule has 0 unspecified atom stereocenters. The van der Waals surface area contributed by atoms with Crippen LogP contribution in [0.2, 0.25) is 0 Å². The zero-order valence-corrected chi connectivity index (χ0v) is 17.0. The van der Waals surface area contributed by atoms with Gasteiger partial charge in [-0.3, -0.25) is 14.7 Å². The molecule has 0 spiro atoms. The van der Waals surface area contributed by atoms with E-state index < -0.39 is 11.6 Å². The molecule has 0 N–H and O–H groups in total. The average Bonchev–Trinajstić information content (AvgIpc) is 2.75. The molecule has 0 aromatic heterocycles. The number of fused-ring (bicyclic) bond motifs is 1. The van der Waals surface area contributed by atoms with E-state index in [9.17, 15) is 13.6 Å². The van der Waals surface area contributed by atoms with Crippen LogP contribution in [0, 0.1) is 11.6 Å². The number of likely N-dealkylation sites (tertiary alicyclic amines) is 1. The van der Waals surface area contributed by atoms with E-state index in [4.69, 9.17) is 4.74 Å². The molecular formula is C24H26F2N2O2. The van der Waals surface area contributed by atoms with E-state index in [1.54, 1.807) is 18.2 Å². The highest BCUT2D eigenvalue weighted by molar-refractivity contribution is 6.15. The number of aliphatic imine (C=N–C) groups is 1. The summed E-state index contributed by atoms with van der Waals surface area (Å²) < 4.78 is 33.2. The highest BCUT2D eigenvalue weighted by atomic mass is 19.2. The minimum Gasteiger partial charge on any atom is -0.492 e. The van der Waals surface area contributed by atoms with Gasteiger partial charge in [-0.15, -0.1) is 0 Å². The molecule has 30 heavy (non-hydrogen) atoms. The summed E-state index contributed by atoms with van der Waals surface area (Å²) >= 11 is 0. The third kappa shape index (κ3) is 4.93. The fraction of sp³-hybridized carbons (Fsp3) is 0.417. The van der Waals surface area contributed by atoms with Crippen LogP contribution in [0.25, 0.3) is 0 Å². The Balaban J connectivity index is 1.40. The maximum atomic E-state index is 13.9. The molecule has 0 saturated carbocycles. The predicted molar refractivity (Wildman–Crippen MR) is 113 cm³/mol. The van der Waals surface area contributed by atoms with E-state index in [1.165, 1.54) is 25.3 Å². The van der Waals surface area contributed by atoms with Gasteiger partial charge in [-0.05, 0) is 62.5 Å². The molecule has 4 rings (SSSR count). The first-order chi connectivity index (χ1) is 14.6. The first kappa shape index (κ1) is 20.7. The topological polar surface area (TPSA) is 41.9 Å². The molecule has 158 valence electrons. The summed E-state index contributed by atoms with van der Waals surface area (Å²) in [5, 5.41) is 0. The van der Waals surface area contributed by atoms with Crippen LogP contribution in [0.1, 0.15) is 48.0 Å². The normalized spacial score (nSPS) is 16.9. The lowest BCUT2D eigenvalue weighted by atomic mass is 9.96. The highest BCUT2D eigenvalue weighted by Crippen LogP contribution is 2.31. The SMILES string of the molecule is O=C1CC(CCc2cccc(F)c2F)=Nc2cc(OCCN3CCCCC3)ccc21. The first-order valence-corrected chi connectivity index (χ1v) is 10.6. The third-order valence-corrected chi connectivity index (χ3v) is 5.75. The van der Waals surface area contributed by atoms with Gasteiger partial charge in [0.2, 0.25) is 0 Å². The number of carbonyl (C=O) groups excluding carboxylic acids is 1. The fourth-order valence-corrected chi connectivity index (χ4v) is 4.06. The van der Waals surface area contributed by atoms with Gasteiger partial charge in [-0.25, -0.2) is 8.78 Å². The summed E-state index contributed by atoms with van der Waals surface area (Å²) in [6.45, 7) is 3.75. The van der Waals surface area contributed by atoms with Gasteiger partial charge in [0.15, 0.2) is 17.4 Å². The van der Waals surface area contributed by atoms with Crippen LogP contribution >= 0.6 is 0 Å². The Morgan fingerprint density at radius 2 is 1.87 bits per heavy atom. The van der Waals surface area contributed by atoms with Crippen molar-refractivity contribution in [3.63, 3.8) is 0 Å². The minimum atomic E-state index is -0.856. The number of halogens is 2. The number of ketones is 1. The largest absolute Gasteiger partial charge is 0.492 e. The van der Waals surface area contributed by atoms with E-state index in [2.05, 4.69) is 9.89 Å². The van der Waals surface area contributed by atoms with Crippen molar-refractivity contribution >= 4 is 17.2 Å². The maximum Gasteiger partial charge on any atom is 0.170 e.